The summed E-state index contributed by atoms with van der Waals surface area (Å²) in [6.07, 6.45) is 1.20. The molecular weight excluding hydrogens is 236 g/mol. The molecule has 0 saturated heterocycles. The van der Waals surface area contributed by atoms with Gasteiger partial charge in [0.2, 0.25) is 0 Å². The first kappa shape index (κ1) is 16.0. The van der Waals surface area contributed by atoms with Crippen LogP contribution in [0.25, 0.3) is 0 Å². The molecule has 3 heteroatoms. The van der Waals surface area contributed by atoms with Crippen molar-refractivity contribution in [3.05, 3.63) is 29.3 Å². The van der Waals surface area contributed by atoms with E-state index < -0.39 is 0 Å². The van der Waals surface area contributed by atoms with Crippen molar-refractivity contribution in [1.82, 2.24) is 10.2 Å². The molecule has 1 atom stereocenters. The van der Waals surface area contributed by atoms with Crippen molar-refractivity contribution in [1.29, 1.82) is 0 Å². The van der Waals surface area contributed by atoms with Gasteiger partial charge in [-0.1, -0.05) is 26.0 Å². The van der Waals surface area contributed by atoms with Gasteiger partial charge < -0.3 is 15.3 Å². The topological polar surface area (TPSA) is 35.5 Å². The highest BCUT2D eigenvalue weighted by atomic mass is 16.3. The lowest BCUT2D eigenvalue weighted by Crippen LogP contribution is -2.33. The Morgan fingerprint density at radius 3 is 2.58 bits per heavy atom. The van der Waals surface area contributed by atoms with Crippen molar-refractivity contribution in [3.8, 4) is 5.75 Å². The quantitative estimate of drug-likeness (QED) is 0.757. The summed E-state index contributed by atoms with van der Waals surface area (Å²) >= 11 is 0. The van der Waals surface area contributed by atoms with Gasteiger partial charge >= 0.3 is 0 Å². The molecule has 2 N–H and O–H groups in total. The largest absolute Gasteiger partial charge is 0.508 e. The lowest BCUT2D eigenvalue weighted by Gasteiger charge is -2.22. The molecule has 0 aliphatic heterocycles. The van der Waals surface area contributed by atoms with Crippen LogP contribution in [0.2, 0.25) is 0 Å². The predicted molar refractivity (Wildman–Crippen MR) is 81.7 cm³/mol. The number of hydrogen-bond acceptors (Lipinski definition) is 3. The van der Waals surface area contributed by atoms with Gasteiger partial charge in [0, 0.05) is 24.7 Å². The van der Waals surface area contributed by atoms with E-state index in [9.17, 15) is 5.11 Å². The summed E-state index contributed by atoms with van der Waals surface area (Å²) in [6, 6.07) is 6.05. The van der Waals surface area contributed by atoms with Gasteiger partial charge in [-0.05, 0) is 45.0 Å². The van der Waals surface area contributed by atoms with Crippen LogP contribution < -0.4 is 5.32 Å². The molecule has 0 bridgehead atoms. The Labute approximate surface area is 117 Å². The summed E-state index contributed by atoms with van der Waals surface area (Å²) in [6.45, 7) is 12.8. The van der Waals surface area contributed by atoms with Crippen LogP contribution in [0.5, 0.6) is 5.75 Å². The molecule has 0 spiro atoms. The minimum Gasteiger partial charge on any atom is -0.508 e. The van der Waals surface area contributed by atoms with Gasteiger partial charge in [-0.25, -0.2) is 0 Å². The lowest BCUT2D eigenvalue weighted by atomic mass is 10.1. The van der Waals surface area contributed by atoms with Crippen molar-refractivity contribution in [3.63, 3.8) is 0 Å². The fourth-order valence-corrected chi connectivity index (χ4v) is 2.31. The highest BCUT2D eigenvalue weighted by molar-refractivity contribution is 5.37. The van der Waals surface area contributed by atoms with E-state index in [1.165, 1.54) is 6.42 Å². The first-order chi connectivity index (χ1) is 9.08. The van der Waals surface area contributed by atoms with Crippen molar-refractivity contribution in [2.75, 3.05) is 26.2 Å². The van der Waals surface area contributed by atoms with Crippen molar-refractivity contribution in [2.24, 2.45) is 0 Å². The Balaban J connectivity index is 2.44. The smallest absolute Gasteiger partial charge is 0.120 e. The van der Waals surface area contributed by atoms with Crippen LogP contribution in [0.1, 0.15) is 44.4 Å². The number of likely N-dealkylation sites (N-methyl/N-ethyl adjacent to an activating group) is 1. The average molecular weight is 264 g/mol. The second-order valence-corrected chi connectivity index (χ2v) is 5.17. The van der Waals surface area contributed by atoms with Gasteiger partial charge in [0.25, 0.3) is 0 Å². The van der Waals surface area contributed by atoms with E-state index in [2.05, 4.69) is 31.0 Å². The first-order valence-electron chi connectivity index (χ1n) is 7.33. The number of hydrogen-bond donors (Lipinski definition) is 2. The second kappa shape index (κ2) is 8.18. The maximum Gasteiger partial charge on any atom is 0.120 e. The zero-order valence-electron chi connectivity index (χ0n) is 12.7. The number of phenolic OH excluding ortho intramolecular Hbond substituents is 1. The minimum atomic E-state index is 0.181. The number of aryl methyl sites for hydroxylation is 1. The lowest BCUT2D eigenvalue weighted by molar-refractivity contribution is 0.283. The third kappa shape index (κ3) is 5.21. The van der Waals surface area contributed by atoms with Gasteiger partial charge in [-0.15, -0.1) is 0 Å². The van der Waals surface area contributed by atoms with E-state index in [4.69, 9.17) is 0 Å². The molecule has 19 heavy (non-hydrogen) atoms. The van der Waals surface area contributed by atoms with Crippen molar-refractivity contribution in [2.45, 2.75) is 40.2 Å². The molecule has 0 saturated carbocycles. The molecular formula is C16H28N2O. The van der Waals surface area contributed by atoms with Gasteiger partial charge in [0.15, 0.2) is 0 Å². The molecule has 0 amide bonds. The maximum atomic E-state index is 9.95. The number of nitrogens with zero attached hydrogens (tertiary/aromatic N) is 1. The third-order valence-corrected chi connectivity index (χ3v) is 3.52. The monoisotopic (exact) mass is 264 g/mol. The summed E-state index contributed by atoms with van der Waals surface area (Å²) in [5.41, 5.74) is 2.07. The van der Waals surface area contributed by atoms with E-state index in [-0.39, 0.29) is 6.04 Å². The van der Waals surface area contributed by atoms with Crippen LogP contribution in [-0.2, 0) is 0 Å². The number of phenols is 1. The van der Waals surface area contributed by atoms with Crippen LogP contribution in [0, 0.1) is 6.92 Å². The number of nitrogens with one attached hydrogen (secondary N) is 1. The molecule has 0 heterocycles. The van der Waals surface area contributed by atoms with Gasteiger partial charge in [-0.2, -0.15) is 0 Å². The molecule has 3 nitrogen and oxygen atoms in total. The Hall–Kier alpha value is -1.06. The molecule has 0 aromatic heterocycles. The number of aromatic hydroxyl groups is 1. The fraction of sp³-hybridized carbons (Fsp3) is 0.625. The third-order valence-electron chi connectivity index (χ3n) is 3.52. The Morgan fingerprint density at radius 2 is 2.00 bits per heavy atom. The van der Waals surface area contributed by atoms with Crippen LogP contribution in [-0.4, -0.2) is 36.2 Å². The van der Waals surface area contributed by atoms with Crippen molar-refractivity contribution >= 4 is 0 Å². The molecule has 108 valence electrons. The Morgan fingerprint density at radius 1 is 1.26 bits per heavy atom. The second-order valence-electron chi connectivity index (χ2n) is 5.17. The predicted octanol–water partition coefficient (Wildman–Crippen LogP) is 3.08. The Kier molecular flexibility index (Phi) is 6.89. The summed E-state index contributed by atoms with van der Waals surface area (Å²) in [4.78, 5) is 2.44. The normalized spacial score (nSPS) is 12.9. The molecule has 0 aliphatic carbocycles. The zero-order valence-corrected chi connectivity index (χ0v) is 12.7. The van der Waals surface area contributed by atoms with E-state index >= 15 is 0 Å². The van der Waals surface area contributed by atoms with Crippen LogP contribution in [0.15, 0.2) is 18.2 Å². The SMILES string of the molecule is CCCN(CC)CCNC(C)c1ccc(C)cc1O. The molecule has 1 aromatic rings. The molecule has 0 fully saturated rings. The van der Waals surface area contributed by atoms with Gasteiger partial charge in [-0.3, -0.25) is 0 Å². The average Bonchev–Trinajstić information content (AvgIpc) is 2.37. The van der Waals surface area contributed by atoms with Crippen LogP contribution in [0.4, 0.5) is 0 Å². The van der Waals surface area contributed by atoms with E-state index in [0.29, 0.717) is 5.75 Å². The highest BCUT2D eigenvalue weighted by Crippen LogP contribution is 2.24. The first-order valence-corrected chi connectivity index (χ1v) is 7.33. The molecule has 1 rings (SSSR count). The zero-order chi connectivity index (χ0) is 14.3. The minimum absolute atomic E-state index is 0.181. The van der Waals surface area contributed by atoms with Gasteiger partial charge in [0.05, 0.1) is 0 Å². The van der Waals surface area contributed by atoms with Crippen molar-refractivity contribution < 1.29 is 5.11 Å². The van der Waals surface area contributed by atoms with Crippen LogP contribution in [0.3, 0.4) is 0 Å². The number of benzene rings is 1. The highest BCUT2D eigenvalue weighted by Gasteiger charge is 2.10. The van der Waals surface area contributed by atoms with E-state index in [0.717, 1.165) is 37.3 Å². The number of rotatable bonds is 8. The molecule has 0 radical (unpaired) electrons. The molecule has 0 aliphatic rings. The summed E-state index contributed by atoms with van der Waals surface area (Å²) in [5.74, 6) is 0.390. The van der Waals surface area contributed by atoms with E-state index in [1.54, 1.807) is 0 Å². The Bertz CT molecular complexity index is 379. The molecule has 1 unspecified atom stereocenters. The van der Waals surface area contributed by atoms with Gasteiger partial charge in [0.1, 0.15) is 5.75 Å². The van der Waals surface area contributed by atoms with Crippen LogP contribution >= 0.6 is 0 Å². The maximum absolute atomic E-state index is 9.95. The van der Waals surface area contributed by atoms with E-state index in [1.807, 2.05) is 25.1 Å². The standard InChI is InChI=1S/C16H28N2O/c1-5-10-18(6-2)11-9-17-14(4)15-8-7-13(3)12-16(15)19/h7-8,12,14,17,19H,5-6,9-11H2,1-4H3. The summed E-state index contributed by atoms with van der Waals surface area (Å²) < 4.78 is 0. The summed E-state index contributed by atoms with van der Waals surface area (Å²) in [5, 5.41) is 13.4. The molecule has 1 aromatic carbocycles. The fourth-order valence-electron chi connectivity index (χ4n) is 2.31. The summed E-state index contributed by atoms with van der Waals surface area (Å²) in [7, 11) is 0.